The van der Waals surface area contributed by atoms with Crippen LogP contribution in [0.1, 0.15) is 24.2 Å². The molecule has 0 saturated carbocycles. The first-order valence-corrected chi connectivity index (χ1v) is 8.25. The normalized spacial score (nSPS) is 22.2. The Hall–Kier alpha value is -1.59. The average Bonchev–Trinajstić information content (AvgIpc) is 2.53. The number of methoxy groups -OCH3 is 1. The highest BCUT2D eigenvalue weighted by molar-refractivity contribution is 5.94. The number of ether oxygens (including phenoxy) is 1. The van der Waals surface area contributed by atoms with Gasteiger partial charge in [0, 0.05) is 64.2 Å². The van der Waals surface area contributed by atoms with E-state index >= 15 is 0 Å². The van der Waals surface area contributed by atoms with E-state index in [1.54, 1.807) is 7.11 Å². The molecule has 5 nitrogen and oxygen atoms in total. The van der Waals surface area contributed by atoms with Gasteiger partial charge in [-0.2, -0.15) is 0 Å². The molecule has 0 aromatic heterocycles. The van der Waals surface area contributed by atoms with Crippen molar-refractivity contribution in [3.8, 4) is 0 Å². The van der Waals surface area contributed by atoms with Crippen LogP contribution in [0.4, 0.5) is 5.69 Å². The van der Waals surface area contributed by atoms with Gasteiger partial charge in [-0.3, -0.25) is 9.69 Å². The van der Waals surface area contributed by atoms with Crippen molar-refractivity contribution >= 4 is 11.6 Å². The Kier molecular flexibility index (Phi) is 6.02. The van der Waals surface area contributed by atoms with E-state index in [2.05, 4.69) is 18.7 Å². The zero-order chi connectivity index (χ0) is 17.0. The van der Waals surface area contributed by atoms with Crippen molar-refractivity contribution in [3.63, 3.8) is 0 Å². The monoisotopic (exact) mass is 319 g/mol. The van der Waals surface area contributed by atoms with E-state index in [0.29, 0.717) is 12.1 Å². The summed E-state index contributed by atoms with van der Waals surface area (Å²) in [6.45, 7) is 7.54. The van der Waals surface area contributed by atoms with Gasteiger partial charge in [-0.15, -0.1) is 0 Å². The summed E-state index contributed by atoms with van der Waals surface area (Å²) < 4.78 is 5.19. The van der Waals surface area contributed by atoms with E-state index in [9.17, 15) is 4.79 Å². The zero-order valence-electron chi connectivity index (χ0n) is 15.0. The summed E-state index contributed by atoms with van der Waals surface area (Å²) in [6.07, 6.45) is 0. The molecule has 0 spiro atoms. The van der Waals surface area contributed by atoms with Crippen LogP contribution < -0.4 is 4.90 Å². The third-order valence-corrected chi connectivity index (χ3v) is 4.57. The summed E-state index contributed by atoms with van der Waals surface area (Å²) in [4.78, 5) is 19.2. The van der Waals surface area contributed by atoms with Crippen molar-refractivity contribution < 1.29 is 9.53 Å². The molecule has 1 fully saturated rings. The predicted molar refractivity (Wildman–Crippen MR) is 94.2 cm³/mol. The van der Waals surface area contributed by atoms with Crippen LogP contribution in [0, 0.1) is 0 Å². The predicted octanol–water partition coefficient (Wildman–Crippen LogP) is 1.93. The van der Waals surface area contributed by atoms with Gasteiger partial charge in [0.05, 0.1) is 6.61 Å². The number of rotatable bonds is 5. The molecular formula is C18H29N3O2. The van der Waals surface area contributed by atoms with Gasteiger partial charge < -0.3 is 14.5 Å². The van der Waals surface area contributed by atoms with Crippen LogP contribution in [0.25, 0.3) is 0 Å². The summed E-state index contributed by atoms with van der Waals surface area (Å²) in [6, 6.07) is 8.52. The fourth-order valence-electron chi connectivity index (χ4n) is 3.24. The van der Waals surface area contributed by atoms with Gasteiger partial charge in [0.25, 0.3) is 5.91 Å². The van der Waals surface area contributed by atoms with Crippen LogP contribution in [0.3, 0.4) is 0 Å². The topological polar surface area (TPSA) is 36.0 Å². The molecule has 1 aromatic rings. The molecule has 2 unspecified atom stereocenters. The number of hydrogen-bond acceptors (Lipinski definition) is 4. The van der Waals surface area contributed by atoms with Crippen LogP contribution >= 0.6 is 0 Å². The summed E-state index contributed by atoms with van der Waals surface area (Å²) in [5.74, 6) is 0.125. The highest BCUT2D eigenvalue weighted by Gasteiger charge is 2.31. The number of anilines is 1. The lowest BCUT2D eigenvalue weighted by molar-refractivity contribution is 0.0193. The maximum atomic E-state index is 12.8. The highest BCUT2D eigenvalue weighted by Crippen LogP contribution is 2.19. The van der Waals surface area contributed by atoms with Crippen LogP contribution in [-0.2, 0) is 4.74 Å². The summed E-state index contributed by atoms with van der Waals surface area (Å²) in [5.41, 5.74) is 1.87. The molecule has 23 heavy (non-hydrogen) atoms. The standard InChI is InChI=1S/C18H29N3O2/c1-14-12-20(13-15(2)21(14)10-11-23-5)18(22)16-6-8-17(9-7-16)19(3)4/h6-9,14-15H,10-13H2,1-5H3. The second-order valence-electron chi connectivity index (χ2n) is 6.58. The molecule has 0 aliphatic carbocycles. The van der Waals surface area contributed by atoms with Crippen LogP contribution in [0.2, 0.25) is 0 Å². The highest BCUT2D eigenvalue weighted by atomic mass is 16.5. The molecule has 128 valence electrons. The van der Waals surface area contributed by atoms with Gasteiger partial charge in [-0.05, 0) is 38.1 Å². The minimum Gasteiger partial charge on any atom is -0.383 e. The Morgan fingerprint density at radius 2 is 1.74 bits per heavy atom. The Balaban J connectivity index is 2.03. The fourth-order valence-corrected chi connectivity index (χ4v) is 3.24. The van der Waals surface area contributed by atoms with Gasteiger partial charge in [0.2, 0.25) is 0 Å². The van der Waals surface area contributed by atoms with Crippen molar-refractivity contribution in [1.82, 2.24) is 9.80 Å². The smallest absolute Gasteiger partial charge is 0.253 e. The molecule has 1 aliphatic heterocycles. The van der Waals surface area contributed by atoms with E-state index in [1.807, 2.05) is 48.2 Å². The summed E-state index contributed by atoms with van der Waals surface area (Å²) >= 11 is 0. The van der Waals surface area contributed by atoms with Crippen molar-refractivity contribution in [2.24, 2.45) is 0 Å². The minimum absolute atomic E-state index is 0.125. The number of carbonyl (C=O) groups excluding carboxylic acids is 1. The Morgan fingerprint density at radius 3 is 2.22 bits per heavy atom. The van der Waals surface area contributed by atoms with Gasteiger partial charge in [0.15, 0.2) is 0 Å². The van der Waals surface area contributed by atoms with E-state index in [1.165, 1.54) is 0 Å². The van der Waals surface area contributed by atoms with E-state index in [4.69, 9.17) is 4.74 Å². The third-order valence-electron chi connectivity index (χ3n) is 4.57. The van der Waals surface area contributed by atoms with Crippen LogP contribution in [0.15, 0.2) is 24.3 Å². The number of carbonyl (C=O) groups is 1. The van der Waals surface area contributed by atoms with Crippen LogP contribution in [0.5, 0.6) is 0 Å². The largest absolute Gasteiger partial charge is 0.383 e. The van der Waals surface area contributed by atoms with Crippen molar-refractivity contribution in [1.29, 1.82) is 0 Å². The second-order valence-corrected chi connectivity index (χ2v) is 6.58. The van der Waals surface area contributed by atoms with Gasteiger partial charge in [-0.25, -0.2) is 0 Å². The maximum Gasteiger partial charge on any atom is 0.253 e. The van der Waals surface area contributed by atoms with E-state index in [0.717, 1.165) is 37.5 Å². The minimum atomic E-state index is 0.125. The number of benzene rings is 1. The number of hydrogen-bond donors (Lipinski definition) is 0. The molecular weight excluding hydrogens is 290 g/mol. The van der Waals surface area contributed by atoms with Crippen molar-refractivity contribution in [2.45, 2.75) is 25.9 Å². The quantitative estimate of drug-likeness (QED) is 0.831. The Morgan fingerprint density at radius 1 is 1.17 bits per heavy atom. The molecule has 1 heterocycles. The van der Waals surface area contributed by atoms with Crippen molar-refractivity contribution in [2.75, 3.05) is 52.3 Å². The van der Waals surface area contributed by atoms with Crippen LogP contribution in [-0.4, -0.2) is 75.2 Å². The molecule has 2 atom stereocenters. The lowest BCUT2D eigenvalue weighted by Crippen LogP contribution is -2.58. The third kappa shape index (κ3) is 4.24. The summed E-state index contributed by atoms with van der Waals surface area (Å²) in [5, 5.41) is 0. The average molecular weight is 319 g/mol. The van der Waals surface area contributed by atoms with E-state index < -0.39 is 0 Å². The molecule has 5 heteroatoms. The molecule has 2 rings (SSSR count). The number of piperazine rings is 1. The van der Waals surface area contributed by atoms with Gasteiger partial charge >= 0.3 is 0 Å². The summed E-state index contributed by atoms with van der Waals surface area (Å²) in [7, 11) is 5.73. The molecule has 1 saturated heterocycles. The first-order valence-electron chi connectivity index (χ1n) is 8.25. The van der Waals surface area contributed by atoms with E-state index in [-0.39, 0.29) is 5.91 Å². The first-order chi connectivity index (χ1) is 10.9. The first kappa shape index (κ1) is 17.8. The van der Waals surface area contributed by atoms with Gasteiger partial charge in [-0.1, -0.05) is 0 Å². The maximum absolute atomic E-state index is 12.8. The Labute approximate surface area is 139 Å². The number of nitrogens with zero attached hydrogens (tertiary/aromatic N) is 3. The lowest BCUT2D eigenvalue weighted by atomic mass is 10.1. The fraction of sp³-hybridized carbons (Fsp3) is 0.611. The van der Waals surface area contributed by atoms with Gasteiger partial charge in [0.1, 0.15) is 0 Å². The van der Waals surface area contributed by atoms with Crippen molar-refractivity contribution in [3.05, 3.63) is 29.8 Å². The SMILES string of the molecule is COCCN1C(C)CN(C(=O)c2ccc(N(C)C)cc2)CC1C. The molecule has 0 radical (unpaired) electrons. The molecule has 0 N–H and O–H groups in total. The number of amides is 1. The zero-order valence-corrected chi connectivity index (χ0v) is 15.0. The molecule has 0 bridgehead atoms. The second kappa shape index (κ2) is 7.79. The Bertz CT molecular complexity index is 504. The lowest BCUT2D eigenvalue weighted by Gasteiger charge is -2.44. The molecule has 1 amide bonds. The molecule has 1 aromatic carbocycles. The molecule has 1 aliphatic rings.